The predicted octanol–water partition coefficient (Wildman–Crippen LogP) is 2.47. The second-order valence-corrected chi connectivity index (χ2v) is 7.81. The lowest BCUT2D eigenvalue weighted by Crippen LogP contribution is -2.46. The van der Waals surface area contributed by atoms with Crippen molar-refractivity contribution < 1.29 is 8.42 Å². The summed E-state index contributed by atoms with van der Waals surface area (Å²) in [5.74, 6) is 1.18. The van der Waals surface area contributed by atoms with Gasteiger partial charge in [-0.25, -0.2) is 13.4 Å². The molecule has 21 heavy (non-hydrogen) atoms. The number of aromatic nitrogens is 1. The van der Waals surface area contributed by atoms with Crippen molar-refractivity contribution in [1.29, 1.82) is 0 Å². The first-order valence-electron chi connectivity index (χ1n) is 7.84. The van der Waals surface area contributed by atoms with Crippen LogP contribution in [-0.2, 0) is 10.0 Å². The number of hydrogen-bond donors (Lipinski definition) is 1. The lowest BCUT2D eigenvalue weighted by atomic mass is 9.94. The quantitative estimate of drug-likeness (QED) is 0.928. The highest BCUT2D eigenvalue weighted by Crippen LogP contribution is 2.39. The van der Waals surface area contributed by atoms with Crippen molar-refractivity contribution in [3.05, 3.63) is 18.3 Å². The molecule has 1 aliphatic carbocycles. The number of rotatable bonds is 4. The van der Waals surface area contributed by atoms with E-state index >= 15 is 0 Å². The molecule has 0 radical (unpaired) electrons. The van der Waals surface area contributed by atoms with Gasteiger partial charge < -0.3 is 5.32 Å². The summed E-state index contributed by atoms with van der Waals surface area (Å²) in [6.07, 6.45) is 7.06. The zero-order chi connectivity index (χ0) is 14.9. The first kappa shape index (κ1) is 14.8. The molecule has 6 heteroatoms. The van der Waals surface area contributed by atoms with Gasteiger partial charge in [-0.1, -0.05) is 6.42 Å². The molecule has 1 saturated heterocycles. The third-order valence-corrected chi connectivity index (χ3v) is 6.56. The maximum atomic E-state index is 13.0. The van der Waals surface area contributed by atoms with E-state index in [1.807, 2.05) is 6.92 Å². The molecule has 0 bridgehead atoms. The summed E-state index contributed by atoms with van der Waals surface area (Å²) in [6, 6.07) is 3.46. The van der Waals surface area contributed by atoms with Crippen LogP contribution in [0.5, 0.6) is 0 Å². The van der Waals surface area contributed by atoms with Crippen LogP contribution in [0.3, 0.4) is 0 Å². The summed E-state index contributed by atoms with van der Waals surface area (Å²) < 4.78 is 27.7. The van der Waals surface area contributed by atoms with E-state index < -0.39 is 10.0 Å². The maximum Gasteiger partial charge on any atom is 0.243 e. The van der Waals surface area contributed by atoms with Gasteiger partial charge in [-0.2, -0.15) is 4.31 Å². The number of nitrogens with one attached hydrogen (secondary N) is 1. The lowest BCUT2D eigenvalue weighted by molar-refractivity contribution is 0.202. The van der Waals surface area contributed by atoms with E-state index in [-0.39, 0.29) is 6.04 Å². The van der Waals surface area contributed by atoms with Crippen LogP contribution < -0.4 is 5.32 Å². The van der Waals surface area contributed by atoms with E-state index in [2.05, 4.69) is 10.3 Å². The van der Waals surface area contributed by atoms with E-state index in [0.29, 0.717) is 23.2 Å². The Morgan fingerprint density at radius 1 is 1.33 bits per heavy atom. The van der Waals surface area contributed by atoms with Crippen molar-refractivity contribution in [2.24, 2.45) is 5.92 Å². The number of fused-ring (bicyclic) bond motifs is 1. The number of nitrogens with zero attached hydrogens (tertiary/aromatic N) is 2. The van der Waals surface area contributed by atoms with Gasteiger partial charge in [0, 0.05) is 31.4 Å². The minimum Gasteiger partial charge on any atom is -0.370 e. The molecular formula is C15H23N3O2S. The Kier molecular flexibility index (Phi) is 4.17. The Labute approximate surface area is 126 Å². The summed E-state index contributed by atoms with van der Waals surface area (Å²) in [6.45, 7) is 3.35. The average Bonchev–Trinajstić information content (AvgIpc) is 2.96. The highest BCUT2D eigenvalue weighted by molar-refractivity contribution is 7.89. The normalized spacial score (nSPS) is 26.5. The molecule has 2 aliphatic rings. The summed E-state index contributed by atoms with van der Waals surface area (Å²) in [5, 5.41) is 3.08. The smallest absolute Gasteiger partial charge is 0.243 e. The van der Waals surface area contributed by atoms with Crippen molar-refractivity contribution in [3.8, 4) is 0 Å². The highest BCUT2D eigenvalue weighted by atomic mass is 32.2. The fourth-order valence-corrected chi connectivity index (χ4v) is 5.46. The molecule has 1 aromatic heterocycles. The standard InChI is InChI=1S/C15H23N3O2S/c1-2-16-15-11-13(8-9-17-15)21(19,20)18-10-4-6-12-5-3-7-14(12)18/h8-9,11-12,14H,2-7,10H2,1H3,(H,16,17). The molecule has 1 aliphatic heterocycles. The van der Waals surface area contributed by atoms with Crippen molar-refractivity contribution in [2.45, 2.75) is 50.0 Å². The van der Waals surface area contributed by atoms with Gasteiger partial charge in [-0.3, -0.25) is 0 Å². The van der Waals surface area contributed by atoms with Crippen LogP contribution >= 0.6 is 0 Å². The molecule has 1 aromatic rings. The van der Waals surface area contributed by atoms with Gasteiger partial charge in [0.1, 0.15) is 5.82 Å². The van der Waals surface area contributed by atoms with Gasteiger partial charge in [-0.05, 0) is 44.6 Å². The minimum atomic E-state index is -3.40. The van der Waals surface area contributed by atoms with Crippen LogP contribution in [0.1, 0.15) is 39.0 Å². The van der Waals surface area contributed by atoms with E-state index in [4.69, 9.17) is 0 Å². The third-order valence-electron chi connectivity index (χ3n) is 4.64. The van der Waals surface area contributed by atoms with Gasteiger partial charge in [-0.15, -0.1) is 0 Å². The molecule has 116 valence electrons. The molecule has 1 N–H and O–H groups in total. The summed E-state index contributed by atoms with van der Waals surface area (Å²) in [5.41, 5.74) is 0. The molecule has 2 heterocycles. The number of piperidine rings is 1. The summed E-state index contributed by atoms with van der Waals surface area (Å²) in [7, 11) is -3.40. The molecular weight excluding hydrogens is 286 g/mol. The van der Waals surface area contributed by atoms with E-state index in [1.165, 1.54) is 12.8 Å². The van der Waals surface area contributed by atoms with E-state index in [9.17, 15) is 8.42 Å². The van der Waals surface area contributed by atoms with Gasteiger partial charge in [0.25, 0.3) is 0 Å². The zero-order valence-corrected chi connectivity index (χ0v) is 13.3. The predicted molar refractivity (Wildman–Crippen MR) is 82.7 cm³/mol. The topological polar surface area (TPSA) is 62.3 Å². The fourth-order valence-electron chi connectivity index (χ4n) is 3.69. The highest BCUT2D eigenvalue weighted by Gasteiger charge is 2.41. The fraction of sp³-hybridized carbons (Fsp3) is 0.667. The molecule has 3 rings (SSSR count). The number of hydrogen-bond acceptors (Lipinski definition) is 4. The molecule has 1 saturated carbocycles. The monoisotopic (exact) mass is 309 g/mol. The van der Waals surface area contributed by atoms with Gasteiger partial charge in [0.05, 0.1) is 4.90 Å². The molecule has 2 fully saturated rings. The van der Waals surface area contributed by atoms with Crippen LogP contribution in [0.2, 0.25) is 0 Å². The van der Waals surface area contributed by atoms with Gasteiger partial charge in [0.15, 0.2) is 0 Å². The first-order chi connectivity index (χ1) is 10.1. The van der Waals surface area contributed by atoms with Crippen LogP contribution in [-0.4, -0.2) is 36.8 Å². The second kappa shape index (κ2) is 5.93. The van der Waals surface area contributed by atoms with Crippen LogP contribution in [0.15, 0.2) is 23.2 Å². The molecule has 0 amide bonds. The molecule has 0 aromatic carbocycles. The third kappa shape index (κ3) is 2.79. The lowest BCUT2D eigenvalue weighted by Gasteiger charge is -2.36. The molecule has 0 spiro atoms. The van der Waals surface area contributed by atoms with Gasteiger partial charge >= 0.3 is 0 Å². The van der Waals surface area contributed by atoms with Crippen molar-refractivity contribution in [2.75, 3.05) is 18.4 Å². The van der Waals surface area contributed by atoms with Gasteiger partial charge in [0.2, 0.25) is 10.0 Å². The Balaban J connectivity index is 1.90. The summed E-state index contributed by atoms with van der Waals surface area (Å²) in [4.78, 5) is 4.52. The molecule has 5 nitrogen and oxygen atoms in total. The average molecular weight is 309 g/mol. The van der Waals surface area contributed by atoms with Crippen molar-refractivity contribution >= 4 is 15.8 Å². The number of anilines is 1. The molecule has 2 atom stereocenters. The van der Waals surface area contributed by atoms with Crippen molar-refractivity contribution in [3.63, 3.8) is 0 Å². The van der Waals surface area contributed by atoms with E-state index in [1.54, 1.807) is 22.6 Å². The number of pyridine rings is 1. The number of sulfonamides is 1. The summed E-state index contributed by atoms with van der Waals surface area (Å²) >= 11 is 0. The van der Waals surface area contributed by atoms with Crippen LogP contribution in [0, 0.1) is 5.92 Å². The Morgan fingerprint density at radius 3 is 2.95 bits per heavy atom. The van der Waals surface area contributed by atoms with Crippen LogP contribution in [0.25, 0.3) is 0 Å². The Morgan fingerprint density at radius 2 is 2.14 bits per heavy atom. The van der Waals surface area contributed by atoms with E-state index in [0.717, 1.165) is 25.8 Å². The Hall–Kier alpha value is -1.14. The minimum absolute atomic E-state index is 0.208. The van der Waals surface area contributed by atoms with Crippen molar-refractivity contribution in [1.82, 2.24) is 9.29 Å². The SMILES string of the molecule is CCNc1cc(S(=O)(=O)N2CCCC3CCCC32)ccn1. The largest absolute Gasteiger partial charge is 0.370 e. The first-order valence-corrected chi connectivity index (χ1v) is 9.28. The maximum absolute atomic E-state index is 13.0. The zero-order valence-electron chi connectivity index (χ0n) is 12.5. The Bertz CT molecular complexity index is 603. The second-order valence-electron chi connectivity index (χ2n) is 5.92. The molecule has 2 unspecified atom stereocenters. The van der Waals surface area contributed by atoms with Crippen LogP contribution in [0.4, 0.5) is 5.82 Å².